The minimum Gasteiger partial charge on any atom is -0.354 e. The molecule has 0 fully saturated rings. The third kappa shape index (κ3) is 5.73. The lowest BCUT2D eigenvalue weighted by Gasteiger charge is -2.33. The van der Waals surface area contributed by atoms with Crippen molar-refractivity contribution in [2.75, 3.05) is 18.0 Å². The highest BCUT2D eigenvalue weighted by molar-refractivity contribution is 6.00. The van der Waals surface area contributed by atoms with E-state index in [0.29, 0.717) is 32.0 Å². The predicted octanol–water partition coefficient (Wildman–Crippen LogP) is 3.12. The van der Waals surface area contributed by atoms with Crippen molar-refractivity contribution in [2.45, 2.75) is 72.1 Å². The molecule has 2 amide bonds. The van der Waals surface area contributed by atoms with Crippen LogP contribution in [0.4, 0.5) is 5.82 Å². The van der Waals surface area contributed by atoms with Gasteiger partial charge in [0, 0.05) is 38.2 Å². The van der Waals surface area contributed by atoms with Gasteiger partial charge in [0.1, 0.15) is 11.9 Å². The van der Waals surface area contributed by atoms with Crippen molar-refractivity contribution in [3.05, 3.63) is 47.7 Å². The molecule has 0 unspecified atom stereocenters. The van der Waals surface area contributed by atoms with Gasteiger partial charge in [-0.05, 0) is 39.2 Å². The van der Waals surface area contributed by atoms with Crippen LogP contribution in [0.15, 0.2) is 36.4 Å². The fourth-order valence-corrected chi connectivity index (χ4v) is 4.11. The third-order valence-corrected chi connectivity index (χ3v) is 5.82. The summed E-state index contributed by atoms with van der Waals surface area (Å²) in [5.41, 5.74) is 2.15. The normalized spacial score (nSPS) is 14.8. The van der Waals surface area contributed by atoms with E-state index in [1.807, 2.05) is 30.7 Å². The van der Waals surface area contributed by atoms with Gasteiger partial charge in [-0.2, -0.15) is 5.10 Å². The smallest absolute Gasteiger partial charge is 0.243 e. The van der Waals surface area contributed by atoms with E-state index in [1.54, 1.807) is 4.90 Å². The quantitative estimate of drug-likeness (QED) is 0.594. The van der Waals surface area contributed by atoms with Gasteiger partial charge in [0.05, 0.1) is 12.2 Å². The van der Waals surface area contributed by atoms with Gasteiger partial charge in [0.25, 0.3) is 0 Å². The fourth-order valence-electron chi connectivity index (χ4n) is 4.11. The van der Waals surface area contributed by atoms with Crippen molar-refractivity contribution in [1.82, 2.24) is 20.0 Å². The van der Waals surface area contributed by atoms with Crippen molar-refractivity contribution in [3.63, 3.8) is 0 Å². The summed E-state index contributed by atoms with van der Waals surface area (Å²) in [6.07, 6.45) is 1.80. The fraction of sp³-hybridized carbons (Fsp3) is 0.542. The average Bonchev–Trinajstić information content (AvgIpc) is 3.13. The first-order chi connectivity index (χ1) is 14.9. The lowest BCUT2D eigenvalue weighted by atomic mass is 10.1. The van der Waals surface area contributed by atoms with Crippen LogP contribution in [-0.4, -0.2) is 51.7 Å². The molecular formula is C24H35N5O2. The Kier molecular flexibility index (Phi) is 7.85. The highest BCUT2D eigenvalue weighted by Crippen LogP contribution is 2.26. The minimum atomic E-state index is -0.506. The average molecular weight is 426 g/mol. The van der Waals surface area contributed by atoms with E-state index in [9.17, 15) is 9.59 Å². The summed E-state index contributed by atoms with van der Waals surface area (Å²) in [5, 5.41) is 7.50. The number of benzene rings is 1. The first-order valence-corrected chi connectivity index (χ1v) is 11.3. The van der Waals surface area contributed by atoms with Gasteiger partial charge < -0.3 is 5.32 Å². The second-order valence-electron chi connectivity index (χ2n) is 8.50. The van der Waals surface area contributed by atoms with Gasteiger partial charge in [-0.1, -0.05) is 37.3 Å². The summed E-state index contributed by atoms with van der Waals surface area (Å²) in [4.78, 5) is 29.6. The molecule has 7 heteroatoms. The van der Waals surface area contributed by atoms with Gasteiger partial charge in [-0.15, -0.1) is 0 Å². The maximum absolute atomic E-state index is 13.0. The summed E-state index contributed by atoms with van der Waals surface area (Å²) >= 11 is 0. The molecular weight excluding hydrogens is 390 g/mol. The Hall–Kier alpha value is -2.67. The van der Waals surface area contributed by atoms with Crippen LogP contribution in [0.25, 0.3) is 0 Å². The minimum absolute atomic E-state index is 0.0109. The first-order valence-electron chi connectivity index (χ1n) is 11.3. The molecule has 31 heavy (non-hydrogen) atoms. The predicted molar refractivity (Wildman–Crippen MR) is 123 cm³/mol. The molecule has 1 aliphatic rings. The zero-order valence-corrected chi connectivity index (χ0v) is 19.2. The molecule has 0 bridgehead atoms. The van der Waals surface area contributed by atoms with Crippen molar-refractivity contribution in [3.8, 4) is 0 Å². The van der Waals surface area contributed by atoms with Gasteiger partial charge in [0.15, 0.2) is 0 Å². The molecule has 1 aliphatic heterocycles. The SMILES string of the molecule is CC[C@@H](C(=O)NCCCN(Cc1ccccc1)C(C)C)N1C(=O)CCn2nc(C)cc21. The number of hydrogen-bond acceptors (Lipinski definition) is 4. The Balaban J connectivity index is 1.55. The lowest BCUT2D eigenvalue weighted by Crippen LogP contribution is -2.52. The number of aromatic nitrogens is 2. The van der Waals surface area contributed by atoms with Crippen LogP contribution in [0.5, 0.6) is 0 Å². The van der Waals surface area contributed by atoms with Gasteiger partial charge in [-0.25, -0.2) is 4.68 Å². The number of amides is 2. The number of nitrogens with zero attached hydrogens (tertiary/aromatic N) is 4. The number of rotatable bonds is 10. The van der Waals surface area contributed by atoms with Gasteiger partial charge in [0.2, 0.25) is 11.8 Å². The topological polar surface area (TPSA) is 70.5 Å². The summed E-state index contributed by atoms with van der Waals surface area (Å²) < 4.78 is 1.83. The largest absolute Gasteiger partial charge is 0.354 e. The Labute approximate surface area is 185 Å². The van der Waals surface area contributed by atoms with E-state index >= 15 is 0 Å². The molecule has 1 aromatic carbocycles. The Morgan fingerprint density at radius 1 is 1.26 bits per heavy atom. The molecule has 1 N–H and O–H groups in total. The third-order valence-electron chi connectivity index (χ3n) is 5.82. The second-order valence-corrected chi connectivity index (χ2v) is 8.50. The van der Waals surface area contributed by atoms with E-state index in [4.69, 9.17) is 0 Å². The van der Waals surface area contributed by atoms with E-state index in [1.165, 1.54) is 5.56 Å². The van der Waals surface area contributed by atoms with Crippen LogP contribution < -0.4 is 10.2 Å². The van der Waals surface area contributed by atoms with Crippen molar-refractivity contribution < 1.29 is 9.59 Å². The standard InChI is InChI=1S/C24H35N5O2/c1-5-21(29-22-16-19(4)26-28(22)15-12-23(29)30)24(31)25-13-9-14-27(18(2)3)17-20-10-7-6-8-11-20/h6-8,10-11,16,18,21H,5,9,12-15,17H2,1-4H3,(H,25,31)/t21-/m0/s1. The van der Waals surface area contributed by atoms with Gasteiger partial charge >= 0.3 is 0 Å². The number of nitrogens with one attached hydrogen (secondary N) is 1. The molecule has 0 spiro atoms. The summed E-state index contributed by atoms with van der Waals surface area (Å²) in [6, 6.07) is 12.3. The van der Waals surface area contributed by atoms with E-state index in [0.717, 1.165) is 31.0 Å². The number of carbonyl (C=O) groups is 2. The van der Waals surface area contributed by atoms with Crippen LogP contribution in [0.3, 0.4) is 0 Å². The molecule has 2 heterocycles. The van der Waals surface area contributed by atoms with Crippen LogP contribution in [0.2, 0.25) is 0 Å². The second kappa shape index (κ2) is 10.6. The van der Waals surface area contributed by atoms with Crippen molar-refractivity contribution >= 4 is 17.6 Å². The van der Waals surface area contributed by atoms with Gasteiger partial charge in [-0.3, -0.25) is 19.4 Å². The van der Waals surface area contributed by atoms with Crippen LogP contribution in [-0.2, 0) is 22.7 Å². The lowest BCUT2D eigenvalue weighted by molar-refractivity contribution is -0.127. The molecule has 3 rings (SSSR count). The summed E-state index contributed by atoms with van der Waals surface area (Å²) in [6.45, 7) is 11.2. The Bertz CT molecular complexity index is 877. The summed E-state index contributed by atoms with van der Waals surface area (Å²) in [7, 11) is 0. The van der Waals surface area contributed by atoms with Crippen molar-refractivity contribution in [2.24, 2.45) is 0 Å². The maximum atomic E-state index is 13.0. The summed E-state index contributed by atoms with van der Waals surface area (Å²) in [5.74, 6) is 0.621. The molecule has 0 aliphatic carbocycles. The van der Waals surface area contributed by atoms with Crippen LogP contribution in [0.1, 0.15) is 51.3 Å². The number of aryl methyl sites for hydroxylation is 2. The zero-order chi connectivity index (χ0) is 22.4. The Morgan fingerprint density at radius 2 is 2.00 bits per heavy atom. The number of fused-ring (bicyclic) bond motifs is 1. The van der Waals surface area contributed by atoms with Crippen LogP contribution >= 0.6 is 0 Å². The van der Waals surface area contributed by atoms with E-state index in [2.05, 4.69) is 53.4 Å². The number of anilines is 1. The highest BCUT2D eigenvalue weighted by atomic mass is 16.2. The molecule has 2 aromatic rings. The van der Waals surface area contributed by atoms with E-state index in [-0.39, 0.29) is 11.8 Å². The first kappa shape index (κ1) is 23.0. The van der Waals surface area contributed by atoms with Crippen molar-refractivity contribution in [1.29, 1.82) is 0 Å². The monoisotopic (exact) mass is 425 g/mol. The number of carbonyl (C=O) groups excluding carboxylic acids is 2. The molecule has 168 valence electrons. The molecule has 1 atom stereocenters. The van der Waals surface area contributed by atoms with Crippen LogP contribution in [0, 0.1) is 6.92 Å². The molecule has 7 nitrogen and oxygen atoms in total. The molecule has 0 saturated carbocycles. The Morgan fingerprint density at radius 3 is 2.68 bits per heavy atom. The molecule has 0 radical (unpaired) electrons. The number of hydrogen-bond donors (Lipinski definition) is 1. The maximum Gasteiger partial charge on any atom is 0.243 e. The zero-order valence-electron chi connectivity index (χ0n) is 19.2. The highest BCUT2D eigenvalue weighted by Gasteiger charge is 2.34. The molecule has 1 aromatic heterocycles. The van der Waals surface area contributed by atoms with E-state index < -0.39 is 6.04 Å². The molecule has 0 saturated heterocycles.